The van der Waals surface area contributed by atoms with Crippen LogP contribution in [0.3, 0.4) is 0 Å². The van der Waals surface area contributed by atoms with Gasteiger partial charge in [-0.05, 0) is 62.9 Å². The van der Waals surface area contributed by atoms with E-state index in [2.05, 4.69) is 10.0 Å². The van der Waals surface area contributed by atoms with Gasteiger partial charge in [0.25, 0.3) is 0 Å². The Kier molecular flexibility index (Phi) is 8.54. The third-order valence-electron chi connectivity index (χ3n) is 7.33. The molecule has 0 spiro atoms. The molecular weight excluding hydrogens is 504 g/mol. The Hall–Kier alpha value is -3.21. The average molecular weight is 541 g/mol. The molecule has 4 rings (SSSR count). The van der Waals surface area contributed by atoms with Crippen LogP contribution in [-0.4, -0.2) is 62.5 Å². The Morgan fingerprint density at radius 2 is 1.97 bits per heavy atom. The summed E-state index contributed by atoms with van der Waals surface area (Å²) in [7, 11) is -3.81. The summed E-state index contributed by atoms with van der Waals surface area (Å²) < 4.78 is 34.7. The van der Waals surface area contributed by atoms with Crippen LogP contribution in [0.5, 0.6) is 5.75 Å². The monoisotopic (exact) mass is 540 g/mol. The molecule has 1 heterocycles. The smallest absolute Gasteiger partial charge is 0.243 e. The molecule has 38 heavy (non-hydrogen) atoms. The van der Waals surface area contributed by atoms with Gasteiger partial charge in [0.05, 0.1) is 17.0 Å². The Morgan fingerprint density at radius 3 is 2.68 bits per heavy atom. The van der Waals surface area contributed by atoms with Crippen molar-refractivity contribution in [3.8, 4) is 5.75 Å². The molecule has 0 aromatic heterocycles. The first kappa shape index (κ1) is 27.8. The molecule has 4 N–H and O–H groups in total. The minimum absolute atomic E-state index is 0.110. The maximum atomic E-state index is 13.4. The summed E-state index contributed by atoms with van der Waals surface area (Å²) >= 11 is 0. The van der Waals surface area contributed by atoms with Crippen molar-refractivity contribution in [1.82, 2.24) is 14.9 Å². The zero-order valence-electron chi connectivity index (χ0n) is 21.8. The van der Waals surface area contributed by atoms with Crippen molar-refractivity contribution in [2.24, 2.45) is 11.7 Å². The van der Waals surface area contributed by atoms with Crippen molar-refractivity contribution in [3.05, 3.63) is 72.3 Å². The lowest BCUT2D eigenvalue weighted by atomic mass is 10.0. The summed E-state index contributed by atoms with van der Waals surface area (Å²) in [5, 5.41) is 3.12. The SMILES string of the molecule is Cc1cccc(OC/C=C\C2C[C@]2(NC(=O)[C@@H]2CCCN2C(=O)CN)C(C)NS(=O)(=O)c2ccccc2)c1. The van der Waals surface area contributed by atoms with Crippen molar-refractivity contribution in [2.45, 2.75) is 55.6 Å². The van der Waals surface area contributed by atoms with Gasteiger partial charge in [0.1, 0.15) is 18.4 Å². The molecule has 0 radical (unpaired) electrons. The molecule has 1 aliphatic heterocycles. The van der Waals surface area contributed by atoms with E-state index in [4.69, 9.17) is 10.5 Å². The molecule has 2 unspecified atom stereocenters. The average Bonchev–Trinajstić information content (AvgIpc) is 3.36. The first-order chi connectivity index (χ1) is 18.2. The molecule has 2 aliphatic rings. The van der Waals surface area contributed by atoms with Gasteiger partial charge in [-0.2, -0.15) is 0 Å². The minimum atomic E-state index is -3.81. The van der Waals surface area contributed by atoms with E-state index in [9.17, 15) is 18.0 Å². The second kappa shape index (κ2) is 11.7. The van der Waals surface area contributed by atoms with Crippen molar-refractivity contribution < 1.29 is 22.7 Å². The van der Waals surface area contributed by atoms with Crippen LogP contribution in [0.1, 0.15) is 31.7 Å². The molecule has 9 nitrogen and oxygen atoms in total. The molecule has 1 saturated heterocycles. The molecule has 2 fully saturated rings. The van der Waals surface area contributed by atoms with Gasteiger partial charge in [-0.1, -0.05) is 42.5 Å². The predicted molar refractivity (Wildman–Crippen MR) is 145 cm³/mol. The summed E-state index contributed by atoms with van der Waals surface area (Å²) in [5.74, 6) is 0.0954. The normalized spacial score (nSPS) is 23.8. The van der Waals surface area contributed by atoms with Crippen LogP contribution >= 0.6 is 0 Å². The van der Waals surface area contributed by atoms with Crippen LogP contribution in [0.2, 0.25) is 0 Å². The van der Waals surface area contributed by atoms with Crippen LogP contribution in [0.4, 0.5) is 0 Å². The van der Waals surface area contributed by atoms with E-state index < -0.39 is 27.6 Å². The number of benzene rings is 2. The number of hydrogen-bond donors (Lipinski definition) is 3. The number of sulfonamides is 1. The number of likely N-dealkylation sites (tertiary alicyclic amines) is 1. The number of nitrogens with two attached hydrogens (primary N) is 1. The lowest BCUT2D eigenvalue weighted by Gasteiger charge is -2.30. The van der Waals surface area contributed by atoms with E-state index in [0.717, 1.165) is 11.3 Å². The molecule has 1 aliphatic carbocycles. The summed E-state index contributed by atoms with van der Waals surface area (Å²) in [5.41, 5.74) is 5.81. The van der Waals surface area contributed by atoms with E-state index >= 15 is 0 Å². The molecule has 2 amide bonds. The van der Waals surface area contributed by atoms with Crippen LogP contribution < -0.4 is 20.5 Å². The first-order valence-electron chi connectivity index (χ1n) is 12.9. The third kappa shape index (κ3) is 6.25. The van der Waals surface area contributed by atoms with Crippen molar-refractivity contribution in [1.29, 1.82) is 0 Å². The van der Waals surface area contributed by atoms with Gasteiger partial charge in [-0.15, -0.1) is 0 Å². The van der Waals surface area contributed by atoms with Gasteiger partial charge in [0.2, 0.25) is 21.8 Å². The second-order valence-corrected chi connectivity index (χ2v) is 11.7. The number of rotatable bonds is 11. The number of carbonyl (C=O) groups is 2. The number of ether oxygens (including phenoxy) is 1. The van der Waals surface area contributed by atoms with Crippen molar-refractivity contribution in [3.63, 3.8) is 0 Å². The highest BCUT2D eigenvalue weighted by Crippen LogP contribution is 2.48. The number of carbonyl (C=O) groups excluding carboxylic acids is 2. The van der Waals surface area contributed by atoms with Crippen LogP contribution in [0, 0.1) is 12.8 Å². The van der Waals surface area contributed by atoms with E-state index in [1.807, 2.05) is 43.3 Å². The fourth-order valence-electron chi connectivity index (χ4n) is 5.14. The van der Waals surface area contributed by atoms with Crippen LogP contribution in [0.15, 0.2) is 71.6 Å². The number of amides is 2. The topological polar surface area (TPSA) is 131 Å². The largest absolute Gasteiger partial charge is 0.490 e. The zero-order chi connectivity index (χ0) is 27.3. The van der Waals surface area contributed by atoms with E-state index in [-0.39, 0.29) is 29.2 Å². The van der Waals surface area contributed by atoms with Crippen LogP contribution in [-0.2, 0) is 19.6 Å². The summed E-state index contributed by atoms with van der Waals surface area (Å²) in [6.45, 7) is 4.42. The zero-order valence-corrected chi connectivity index (χ0v) is 22.6. The lowest BCUT2D eigenvalue weighted by molar-refractivity contribution is -0.137. The highest BCUT2D eigenvalue weighted by Gasteiger charge is 2.59. The Labute approximate surface area is 224 Å². The number of nitrogens with zero attached hydrogens (tertiary/aromatic N) is 1. The third-order valence-corrected chi connectivity index (χ3v) is 8.88. The van der Waals surface area contributed by atoms with Gasteiger partial charge < -0.3 is 20.7 Å². The fourth-order valence-corrected chi connectivity index (χ4v) is 6.46. The standard InChI is InChI=1S/C28H36N4O5S/c1-20-9-6-11-23(17-20)37-16-8-10-22-18-28(22,21(2)31-38(35,36)24-12-4-3-5-13-24)30-27(34)25-14-7-15-32(25)26(33)19-29/h3-6,8-13,17,21-22,25,31H,7,14-16,18-19,29H2,1-2H3,(H,30,34)/b10-8-/t21?,22?,25-,28-/m0/s1. The maximum Gasteiger partial charge on any atom is 0.243 e. The molecule has 1 saturated carbocycles. The van der Waals surface area contributed by atoms with Crippen molar-refractivity contribution >= 4 is 21.8 Å². The maximum absolute atomic E-state index is 13.4. The quantitative estimate of drug-likeness (QED) is 0.374. The minimum Gasteiger partial charge on any atom is -0.490 e. The molecule has 204 valence electrons. The lowest BCUT2D eigenvalue weighted by Crippen LogP contribution is -2.57. The molecule has 2 aromatic carbocycles. The van der Waals surface area contributed by atoms with Gasteiger partial charge in [-0.3, -0.25) is 9.59 Å². The highest BCUT2D eigenvalue weighted by atomic mass is 32.2. The van der Waals surface area contributed by atoms with Gasteiger partial charge >= 0.3 is 0 Å². The Bertz CT molecular complexity index is 1280. The molecule has 10 heteroatoms. The van der Waals surface area contributed by atoms with Gasteiger partial charge in [0, 0.05) is 18.5 Å². The number of hydrogen-bond acceptors (Lipinski definition) is 6. The van der Waals surface area contributed by atoms with Gasteiger partial charge in [0.15, 0.2) is 0 Å². The summed E-state index contributed by atoms with van der Waals surface area (Å²) in [6, 6.07) is 14.7. The summed E-state index contributed by atoms with van der Waals surface area (Å²) in [4.78, 5) is 27.3. The first-order valence-corrected chi connectivity index (χ1v) is 14.4. The van der Waals surface area contributed by atoms with Gasteiger partial charge in [-0.25, -0.2) is 13.1 Å². The molecular formula is C28H36N4O5S. The Morgan fingerprint density at radius 1 is 1.21 bits per heavy atom. The van der Waals surface area contributed by atoms with Crippen LogP contribution in [0.25, 0.3) is 0 Å². The molecule has 0 bridgehead atoms. The molecule has 4 atom stereocenters. The second-order valence-electron chi connectivity index (χ2n) is 10.0. The number of aryl methyl sites for hydroxylation is 1. The molecule has 2 aromatic rings. The van der Waals surface area contributed by atoms with E-state index in [1.54, 1.807) is 25.1 Å². The fraction of sp³-hybridized carbons (Fsp3) is 0.429. The van der Waals surface area contributed by atoms with Crippen molar-refractivity contribution in [2.75, 3.05) is 19.7 Å². The number of nitrogens with one attached hydrogen (secondary N) is 2. The summed E-state index contributed by atoms with van der Waals surface area (Å²) in [6.07, 6.45) is 5.66. The Balaban J connectivity index is 1.49. The predicted octanol–water partition coefficient (Wildman–Crippen LogP) is 2.12. The van der Waals surface area contributed by atoms with E-state index in [1.165, 1.54) is 17.0 Å². The van der Waals surface area contributed by atoms with E-state index in [0.29, 0.717) is 32.4 Å². The highest BCUT2D eigenvalue weighted by molar-refractivity contribution is 7.89.